The normalized spacial score (nSPS) is 13.1. The first kappa shape index (κ1) is 17.9. The molecule has 1 aromatic rings. The topological polar surface area (TPSA) is 49.8 Å². The Balaban J connectivity index is 4.23. The first-order chi connectivity index (χ1) is 9.64. The molecule has 0 fully saturated rings. The van der Waals surface area contributed by atoms with Crippen LogP contribution in [-0.2, 0) is 18.5 Å². The van der Waals surface area contributed by atoms with E-state index in [-0.39, 0.29) is 0 Å². The highest BCUT2D eigenvalue weighted by atomic mass is 19.4. The highest BCUT2D eigenvalue weighted by Crippen LogP contribution is 2.50. The van der Waals surface area contributed by atoms with Crippen molar-refractivity contribution in [1.82, 2.24) is 0 Å². The lowest BCUT2D eigenvalue weighted by Crippen LogP contribution is -2.27. The molecule has 0 aliphatic heterocycles. The van der Waals surface area contributed by atoms with E-state index in [2.05, 4.69) is 5.73 Å². The van der Waals surface area contributed by atoms with Gasteiger partial charge in [-0.1, -0.05) is 0 Å². The van der Waals surface area contributed by atoms with Gasteiger partial charge in [0.2, 0.25) is 0 Å². The maximum atomic E-state index is 13.5. The summed E-state index contributed by atoms with van der Waals surface area (Å²) in [6, 6.07) is 0.600. The van der Waals surface area contributed by atoms with E-state index in [1.807, 2.05) is 0 Å². The van der Waals surface area contributed by atoms with Gasteiger partial charge < -0.3 is 5.73 Å². The molecule has 0 amide bonds. The van der Waals surface area contributed by atoms with E-state index in [9.17, 15) is 43.9 Å². The van der Waals surface area contributed by atoms with Crippen LogP contribution >= 0.6 is 0 Å². The molecule has 1 aromatic carbocycles. The number of alkyl halides is 9. The molecule has 12 heteroatoms. The summed E-state index contributed by atoms with van der Waals surface area (Å²) >= 11 is 0. The molecule has 0 bridgehead atoms. The maximum Gasteiger partial charge on any atom is 0.419 e. The zero-order valence-corrected chi connectivity index (χ0v) is 9.80. The fourth-order valence-corrected chi connectivity index (χ4v) is 1.69. The van der Waals surface area contributed by atoms with Crippen LogP contribution in [0.1, 0.15) is 22.3 Å². The average molecular weight is 340 g/mol. The van der Waals surface area contributed by atoms with E-state index in [1.54, 1.807) is 0 Å². The minimum absolute atomic E-state index is 0.600. The van der Waals surface area contributed by atoms with Gasteiger partial charge in [-0.3, -0.25) is 0 Å². The summed E-state index contributed by atoms with van der Waals surface area (Å²) in [7, 11) is 0. The molecule has 122 valence electrons. The first-order valence-corrected chi connectivity index (χ1v) is 4.90. The molecular weight excluding hydrogens is 338 g/mol. The van der Waals surface area contributed by atoms with Gasteiger partial charge in [-0.2, -0.15) is 44.8 Å². The van der Waals surface area contributed by atoms with E-state index in [0.29, 0.717) is 6.07 Å². The van der Waals surface area contributed by atoms with Gasteiger partial charge in [0, 0.05) is 0 Å². The van der Waals surface area contributed by atoms with Crippen LogP contribution < -0.4 is 5.73 Å². The number of benzene rings is 1. The predicted octanol–water partition coefficient (Wildman–Crippen LogP) is 4.34. The van der Waals surface area contributed by atoms with Crippen LogP contribution in [0.2, 0.25) is 0 Å². The van der Waals surface area contributed by atoms with Crippen molar-refractivity contribution in [2.75, 3.05) is 5.73 Å². The van der Waals surface area contributed by atoms with Gasteiger partial charge in [0.05, 0.1) is 16.8 Å². The molecule has 0 aliphatic rings. The number of nitrogen functional groups attached to an aromatic ring is 1. The Morgan fingerprint density at radius 3 is 1.36 bits per heavy atom. The summed E-state index contributed by atoms with van der Waals surface area (Å²) < 4.78 is 127. The second-order valence-corrected chi connectivity index (χ2v) is 3.83. The van der Waals surface area contributed by atoms with Crippen LogP contribution in [0.3, 0.4) is 0 Å². The van der Waals surface area contributed by atoms with Gasteiger partial charge in [-0.05, 0) is 0 Å². The first-order valence-electron chi connectivity index (χ1n) is 4.90. The molecule has 0 unspecified atom stereocenters. The standard InChI is InChI=1S/C10H2F10N2/c11-6-2(1-21)7(22)5(10(18,19)20)3(8(12,13)14)4(6)9(15,16)17/h22H2. The van der Waals surface area contributed by atoms with E-state index in [4.69, 9.17) is 5.26 Å². The molecule has 0 saturated carbocycles. The zero-order chi connectivity index (χ0) is 17.7. The van der Waals surface area contributed by atoms with Crippen molar-refractivity contribution in [2.45, 2.75) is 18.5 Å². The third kappa shape index (κ3) is 2.88. The van der Waals surface area contributed by atoms with Crippen molar-refractivity contribution >= 4 is 5.69 Å². The Morgan fingerprint density at radius 1 is 0.727 bits per heavy atom. The van der Waals surface area contributed by atoms with E-state index >= 15 is 0 Å². The molecule has 0 heterocycles. The van der Waals surface area contributed by atoms with Crippen molar-refractivity contribution in [3.8, 4) is 6.07 Å². The summed E-state index contributed by atoms with van der Waals surface area (Å²) in [5.41, 5.74) is -8.90. The Morgan fingerprint density at radius 2 is 1.09 bits per heavy atom. The summed E-state index contributed by atoms with van der Waals surface area (Å²) in [4.78, 5) is 0. The van der Waals surface area contributed by atoms with Gasteiger partial charge in [0.1, 0.15) is 17.2 Å². The number of rotatable bonds is 0. The molecule has 0 aliphatic carbocycles. The number of nitrogens with two attached hydrogens (primary N) is 1. The Bertz CT molecular complexity index is 603. The molecule has 0 saturated heterocycles. The molecular formula is C10H2F10N2. The second-order valence-electron chi connectivity index (χ2n) is 3.83. The van der Waals surface area contributed by atoms with E-state index in [1.165, 1.54) is 0 Å². The molecule has 2 N–H and O–H groups in total. The van der Waals surface area contributed by atoms with E-state index in [0.717, 1.165) is 0 Å². The smallest absolute Gasteiger partial charge is 0.397 e. The number of anilines is 1. The number of halogens is 10. The third-order valence-electron chi connectivity index (χ3n) is 2.44. The molecule has 2 nitrogen and oxygen atoms in total. The highest BCUT2D eigenvalue weighted by Gasteiger charge is 2.54. The summed E-state index contributed by atoms with van der Waals surface area (Å²) in [6.45, 7) is 0. The van der Waals surface area contributed by atoms with Gasteiger partial charge in [0.15, 0.2) is 5.82 Å². The minimum Gasteiger partial charge on any atom is -0.397 e. The van der Waals surface area contributed by atoms with Crippen LogP contribution in [-0.4, -0.2) is 0 Å². The Kier molecular flexibility index (Phi) is 4.00. The van der Waals surface area contributed by atoms with Gasteiger partial charge in [-0.15, -0.1) is 0 Å². The largest absolute Gasteiger partial charge is 0.419 e. The number of nitriles is 1. The lowest BCUT2D eigenvalue weighted by atomic mass is 9.93. The van der Waals surface area contributed by atoms with E-state index < -0.39 is 52.3 Å². The monoisotopic (exact) mass is 340 g/mol. The lowest BCUT2D eigenvalue weighted by Gasteiger charge is -2.23. The van der Waals surface area contributed by atoms with Crippen molar-refractivity contribution in [1.29, 1.82) is 5.26 Å². The van der Waals surface area contributed by atoms with Crippen LogP contribution in [0.4, 0.5) is 49.6 Å². The van der Waals surface area contributed by atoms with Crippen LogP contribution in [0.25, 0.3) is 0 Å². The predicted molar refractivity (Wildman–Crippen MR) is 50.5 cm³/mol. The summed E-state index contributed by atoms with van der Waals surface area (Å²) in [5, 5.41) is 8.39. The SMILES string of the molecule is N#Cc1c(N)c(C(F)(F)F)c(C(F)(F)F)c(C(F)(F)F)c1F. The minimum atomic E-state index is -6.21. The average Bonchev–Trinajstić information content (AvgIpc) is 2.23. The van der Waals surface area contributed by atoms with Gasteiger partial charge >= 0.3 is 18.5 Å². The summed E-state index contributed by atoms with van der Waals surface area (Å²) in [5.74, 6) is -2.81. The fraction of sp³-hybridized carbons (Fsp3) is 0.300. The lowest BCUT2D eigenvalue weighted by molar-refractivity contribution is -0.175. The zero-order valence-electron chi connectivity index (χ0n) is 9.80. The Hall–Kier alpha value is -2.19. The van der Waals surface area contributed by atoms with Crippen molar-refractivity contribution < 1.29 is 43.9 Å². The molecule has 1 rings (SSSR count). The van der Waals surface area contributed by atoms with Crippen molar-refractivity contribution in [3.05, 3.63) is 28.1 Å². The number of hydrogen-bond donors (Lipinski definition) is 1. The molecule has 0 spiro atoms. The van der Waals surface area contributed by atoms with Crippen LogP contribution in [0.5, 0.6) is 0 Å². The maximum absolute atomic E-state index is 13.5. The van der Waals surface area contributed by atoms with Crippen molar-refractivity contribution in [3.63, 3.8) is 0 Å². The third-order valence-corrected chi connectivity index (χ3v) is 2.44. The summed E-state index contributed by atoms with van der Waals surface area (Å²) in [6.07, 6.45) is -18.3. The number of hydrogen-bond acceptors (Lipinski definition) is 2. The van der Waals surface area contributed by atoms with Gasteiger partial charge in [0.25, 0.3) is 0 Å². The molecule has 0 radical (unpaired) electrons. The van der Waals surface area contributed by atoms with Crippen molar-refractivity contribution in [2.24, 2.45) is 0 Å². The number of nitrogens with zero attached hydrogens (tertiary/aromatic N) is 1. The van der Waals surface area contributed by atoms with Gasteiger partial charge in [-0.25, -0.2) is 4.39 Å². The Labute approximate surface area is 114 Å². The fourth-order valence-electron chi connectivity index (χ4n) is 1.69. The molecule has 0 aromatic heterocycles. The van der Waals surface area contributed by atoms with Crippen LogP contribution in [0.15, 0.2) is 0 Å². The second kappa shape index (κ2) is 4.92. The molecule has 0 atom stereocenters. The highest BCUT2D eigenvalue weighted by molar-refractivity contribution is 5.67. The molecule has 22 heavy (non-hydrogen) atoms. The quantitative estimate of drug-likeness (QED) is 0.564. The van der Waals surface area contributed by atoms with Crippen LogP contribution in [0, 0.1) is 17.1 Å².